The van der Waals surface area contributed by atoms with Crippen LogP contribution in [0.3, 0.4) is 0 Å². The minimum absolute atomic E-state index is 0.327. The van der Waals surface area contributed by atoms with Gasteiger partial charge in [-0.15, -0.1) is 0 Å². The Hall–Kier alpha value is -3.60. The number of hydrogen-bond donors (Lipinski definition) is 3. The minimum atomic E-state index is -0.701. The molecule has 0 amide bonds. The van der Waals surface area contributed by atoms with Crippen LogP contribution in [-0.2, 0) is 16.0 Å². The summed E-state index contributed by atoms with van der Waals surface area (Å²) < 4.78 is 30.4. The number of H-pyrrole nitrogens is 1. The SMILES string of the molecule is CC1(N)COC(c2nc(-c3ccc(F)cc3)c(-c3ccnc(NCc4ccco4)n3)[nH]2)OC1. The molecule has 1 fully saturated rings. The van der Waals surface area contributed by atoms with Crippen LogP contribution >= 0.6 is 0 Å². The van der Waals surface area contributed by atoms with Gasteiger partial charge in [0.25, 0.3) is 0 Å². The Labute approximate surface area is 189 Å². The molecule has 33 heavy (non-hydrogen) atoms. The van der Waals surface area contributed by atoms with Gasteiger partial charge in [-0.1, -0.05) is 0 Å². The molecule has 0 saturated carbocycles. The van der Waals surface area contributed by atoms with E-state index in [2.05, 4.69) is 20.3 Å². The smallest absolute Gasteiger partial charge is 0.223 e. The van der Waals surface area contributed by atoms with Crippen molar-refractivity contribution in [1.29, 1.82) is 0 Å². The van der Waals surface area contributed by atoms with E-state index in [-0.39, 0.29) is 5.82 Å². The third kappa shape index (κ3) is 4.77. The minimum Gasteiger partial charge on any atom is -0.467 e. The van der Waals surface area contributed by atoms with E-state index in [1.54, 1.807) is 30.7 Å². The predicted octanol–water partition coefficient (Wildman–Crippen LogP) is 3.64. The third-order valence-electron chi connectivity index (χ3n) is 5.10. The van der Waals surface area contributed by atoms with E-state index in [4.69, 9.17) is 24.6 Å². The Morgan fingerprint density at radius 3 is 2.67 bits per heavy atom. The largest absolute Gasteiger partial charge is 0.467 e. The van der Waals surface area contributed by atoms with E-state index in [9.17, 15) is 4.39 Å². The molecule has 1 aromatic carbocycles. The maximum atomic E-state index is 13.5. The first kappa shape index (κ1) is 21.3. The van der Waals surface area contributed by atoms with Crippen LogP contribution in [0.15, 0.2) is 59.3 Å². The molecule has 0 spiro atoms. The number of anilines is 1. The molecule has 4 N–H and O–H groups in total. The first-order valence-electron chi connectivity index (χ1n) is 10.4. The number of halogens is 1. The molecule has 0 bridgehead atoms. The van der Waals surface area contributed by atoms with E-state index in [1.165, 1.54) is 12.1 Å². The quantitative estimate of drug-likeness (QED) is 0.407. The highest BCUT2D eigenvalue weighted by molar-refractivity contribution is 5.77. The first-order chi connectivity index (χ1) is 16.0. The zero-order valence-electron chi connectivity index (χ0n) is 17.9. The molecule has 1 saturated heterocycles. The Kier molecular flexibility index (Phi) is 5.63. The molecule has 1 aliphatic rings. The number of aromatic amines is 1. The summed E-state index contributed by atoms with van der Waals surface area (Å²) in [6.45, 7) is 2.96. The fraction of sp³-hybridized carbons (Fsp3) is 0.261. The third-order valence-corrected chi connectivity index (χ3v) is 5.10. The molecule has 9 nitrogen and oxygen atoms in total. The zero-order valence-corrected chi connectivity index (χ0v) is 17.9. The van der Waals surface area contributed by atoms with Gasteiger partial charge in [-0.05, 0) is 49.4 Å². The molecule has 1 aliphatic heterocycles. The van der Waals surface area contributed by atoms with Gasteiger partial charge in [-0.2, -0.15) is 0 Å². The summed E-state index contributed by atoms with van der Waals surface area (Å²) in [5, 5.41) is 3.14. The number of furan rings is 1. The van der Waals surface area contributed by atoms with Gasteiger partial charge >= 0.3 is 0 Å². The van der Waals surface area contributed by atoms with Gasteiger partial charge in [-0.3, -0.25) is 0 Å². The lowest BCUT2D eigenvalue weighted by Gasteiger charge is -2.33. The highest BCUT2D eigenvalue weighted by atomic mass is 19.1. The molecule has 0 radical (unpaired) electrons. The summed E-state index contributed by atoms with van der Waals surface area (Å²) in [7, 11) is 0. The average molecular weight is 450 g/mol. The van der Waals surface area contributed by atoms with Crippen LogP contribution in [0.5, 0.6) is 0 Å². The molecule has 170 valence electrons. The number of imidazole rings is 1. The van der Waals surface area contributed by atoms with Gasteiger partial charge < -0.3 is 29.9 Å². The molecule has 4 heterocycles. The van der Waals surface area contributed by atoms with E-state index in [0.29, 0.717) is 48.6 Å². The van der Waals surface area contributed by atoms with Crippen molar-refractivity contribution in [1.82, 2.24) is 19.9 Å². The zero-order chi connectivity index (χ0) is 22.8. The first-order valence-corrected chi connectivity index (χ1v) is 10.4. The molecule has 3 aromatic heterocycles. The van der Waals surface area contributed by atoms with Crippen LogP contribution in [-0.4, -0.2) is 38.7 Å². The maximum Gasteiger partial charge on any atom is 0.223 e. The lowest BCUT2D eigenvalue weighted by Crippen LogP contribution is -2.50. The van der Waals surface area contributed by atoms with Gasteiger partial charge in [0, 0.05) is 11.8 Å². The van der Waals surface area contributed by atoms with Crippen LogP contribution in [0.2, 0.25) is 0 Å². The molecule has 10 heteroatoms. The van der Waals surface area contributed by atoms with Crippen LogP contribution in [0.4, 0.5) is 10.3 Å². The topological polar surface area (TPSA) is 124 Å². The van der Waals surface area contributed by atoms with E-state index < -0.39 is 11.8 Å². The van der Waals surface area contributed by atoms with E-state index in [1.807, 2.05) is 19.1 Å². The van der Waals surface area contributed by atoms with Gasteiger partial charge in [-0.25, -0.2) is 19.3 Å². The summed E-state index contributed by atoms with van der Waals surface area (Å²) in [6, 6.07) is 11.5. The summed E-state index contributed by atoms with van der Waals surface area (Å²) in [4.78, 5) is 16.9. The van der Waals surface area contributed by atoms with Gasteiger partial charge in [0.2, 0.25) is 12.2 Å². The number of nitrogens with zero attached hydrogens (tertiary/aromatic N) is 3. The molecule has 4 aromatic rings. The molecular formula is C23H23FN6O3. The number of nitrogens with two attached hydrogens (primary N) is 1. The van der Waals surface area contributed by atoms with Crippen molar-refractivity contribution in [2.24, 2.45) is 5.73 Å². The fourth-order valence-corrected chi connectivity index (χ4v) is 3.45. The van der Waals surface area contributed by atoms with Gasteiger partial charge in [0.1, 0.15) is 11.6 Å². The Morgan fingerprint density at radius 2 is 1.94 bits per heavy atom. The number of aromatic nitrogens is 4. The molecule has 0 atom stereocenters. The molecular weight excluding hydrogens is 427 g/mol. The van der Waals surface area contributed by atoms with E-state index in [0.717, 1.165) is 11.3 Å². The molecule has 0 aliphatic carbocycles. The average Bonchev–Trinajstić information content (AvgIpc) is 3.49. The summed E-state index contributed by atoms with van der Waals surface area (Å²) in [6.07, 6.45) is 2.56. The van der Waals surface area contributed by atoms with Gasteiger partial charge in [0.15, 0.2) is 5.82 Å². The Morgan fingerprint density at radius 1 is 1.15 bits per heavy atom. The Bertz CT molecular complexity index is 1210. The second-order valence-corrected chi connectivity index (χ2v) is 8.16. The highest BCUT2D eigenvalue weighted by Gasteiger charge is 2.32. The van der Waals surface area contributed by atoms with Crippen LogP contribution in [0, 0.1) is 5.82 Å². The lowest BCUT2D eigenvalue weighted by atomic mass is 10.1. The second kappa shape index (κ2) is 8.74. The van der Waals surface area contributed by atoms with Crippen molar-refractivity contribution in [2.75, 3.05) is 18.5 Å². The van der Waals surface area contributed by atoms with Crippen molar-refractivity contribution < 1.29 is 18.3 Å². The highest BCUT2D eigenvalue weighted by Crippen LogP contribution is 2.33. The molecule has 0 unspecified atom stereocenters. The van der Waals surface area contributed by atoms with Crippen LogP contribution < -0.4 is 11.1 Å². The monoisotopic (exact) mass is 450 g/mol. The van der Waals surface area contributed by atoms with Crippen LogP contribution in [0.25, 0.3) is 22.6 Å². The number of hydrogen-bond acceptors (Lipinski definition) is 8. The number of rotatable bonds is 6. The summed E-state index contributed by atoms with van der Waals surface area (Å²) in [5.41, 5.74) is 8.07. The van der Waals surface area contributed by atoms with Crippen molar-refractivity contribution in [3.05, 3.63) is 72.3 Å². The predicted molar refractivity (Wildman–Crippen MR) is 118 cm³/mol. The summed E-state index contributed by atoms with van der Waals surface area (Å²) >= 11 is 0. The number of ether oxygens (including phenoxy) is 2. The fourth-order valence-electron chi connectivity index (χ4n) is 3.45. The summed E-state index contributed by atoms with van der Waals surface area (Å²) in [5.74, 6) is 1.33. The van der Waals surface area contributed by atoms with Crippen molar-refractivity contribution in [3.8, 4) is 22.6 Å². The van der Waals surface area contributed by atoms with Crippen molar-refractivity contribution >= 4 is 5.95 Å². The molecule has 5 rings (SSSR count). The van der Waals surface area contributed by atoms with Gasteiger partial charge in [0.05, 0.1) is 48.6 Å². The number of benzene rings is 1. The van der Waals surface area contributed by atoms with Crippen molar-refractivity contribution in [3.63, 3.8) is 0 Å². The lowest BCUT2D eigenvalue weighted by molar-refractivity contribution is -0.211. The Balaban J connectivity index is 1.48. The second-order valence-electron chi connectivity index (χ2n) is 8.16. The van der Waals surface area contributed by atoms with Crippen molar-refractivity contribution in [2.45, 2.75) is 25.3 Å². The number of nitrogens with one attached hydrogen (secondary N) is 2. The maximum absolute atomic E-state index is 13.5. The normalized spacial score (nSPS) is 20.6. The van der Waals surface area contributed by atoms with Crippen LogP contribution in [0.1, 0.15) is 24.8 Å². The van der Waals surface area contributed by atoms with E-state index >= 15 is 0 Å². The standard InChI is InChI=1S/C23H23FN6O3/c1-23(25)12-32-21(33-13-23)20-29-18(14-4-6-15(24)7-5-14)19(30-20)17-8-9-26-22(28-17)27-11-16-3-2-10-31-16/h2-10,21H,11-13,25H2,1H3,(H,29,30)(H,26,27,28).